The molecule has 1 fully saturated rings. The molecule has 2 aliphatic rings. The zero-order chi connectivity index (χ0) is 22.1. The highest BCUT2D eigenvalue weighted by Gasteiger charge is 2.18. The molecule has 2 aromatic rings. The minimum Gasteiger partial charge on any atom is -0.473 e. The number of benzene rings is 2. The minimum absolute atomic E-state index is 1.15. The molecule has 2 heterocycles. The third kappa shape index (κ3) is 6.72. The standard InChI is InChI=1S/C22H29N3.C2H2O4/c1-2-10-21(11-3-1)24-18-16-23(17-19-24)13-7-15-25-14-6-9-20-8-4-5-12-22(20)25;3-1(4)2(5)6/h1-5,8,10-12H,6-7,9,13-19H2;(H,3,4)(H,5,6). The van der Waals surface area contributed by atoms with Crippen molar-refractivity contribution < 1.29 is 19.8 Å². The molecule has 0 saturated carbocycles. The van der Waals surface area contributed by atoms with Gasteiger partial charge in [-0.1, -0.05) is 36.4 Å². The summed E-state index contributed by atoms with van der Waals surface area (Å²) in [5.74, 6) is -3.65. The van der Waals surface area contributed by atoms with Gasteiger partial charge in [0.25, 0.3) is 0 Å². The van der Waals surface area contributed by atoms with Crippen LogP contribution in [0.4, 0.5) is 11.4 Å². The van der Waals surface area contributed by atoms with Crippen molar-refractivity contribution in [1.82, 2.24) is 4.90 Å². The largest absolute Gasteiger partial charge is 0.473 e. The van der Waals surface area contributed by atoms with E-state index in [0.717, 1.165) is 13.1 Å². The van der Waals surface area contributed by atoms with Crippen LogP contribution in [-0.2, 0) is 16.0 Å². The van der Waals surface area contributed by atoms with E-state index in [4.69, 9.17) is 19.8 Å². The second-order valence-corrected chi connectivity index (χ2v) is 7.85. The number of aliphatic carboxylic acids is 2. The second-order valence-electron chi connectivity index (χ2n) is 7.85. The lowest BCUT2D eigenvalue weighted by Crippen LogP contribution is -2.47. The Balaban J connectivity index is 0.000000401. The minimum atomic E-state index is -1.82. The Morgan fingerprint density at radius 1 is 0.774 bits per heavy atom. The molecule has 0 aliphatic carbocycles. The number of carboxylic acids is 2. The van der Waals surface area contributed by atoms with E-state index >= 15 is 0 Å². The van der Waals surface area contributed by atoms with Crippen LogP contribution in [0, 0.1) is 0 Å². The Morgan fingerprint density at radius 3 is 2.10 bits per heavy atom. The first-order valence-electron chi connectivity index (χ1n) is 10.9. The summed E-state index contributed by atoms with van der Waals surface area (Å²) < 4.78 is 0. The number of nitrogens with zero attached hydrogens (tertiary/aromatic N) is 3. The van der Waals surface area contributed by atoms with E-state index in [1.165, 1.54) is 68.9 Å². The maximum Gasteiger partial charge on any atom is 0.414 e. The molecule has 7 heteroatoms. The smallest absolute Gasteiger partial charge is 0.414 e. The molecule has 0 aromatic heterocycles. The van der Waals surface area contributed by atoms with Crippen LogP contribution in [0.1, 0.15) is 18.4 Å². The fraction of sp³-hybridized carbons (Fsp3) is 0.417. The van der Waals surface area contributed by atoms with Crippen molar-refractivity contribution in [2.24, 2.45) is 0 Å². The maximum atomic E-state index is 9.10. The van der Waals surface area contributed by atoms with E-state index in [1.54, 1.807) is 0 Å². The SMILES string of the molecule is O=C(O)C(=O)O.c1ccc(N2CCN(CCCN3CCCc4ccccc43)CC2)cc1. The van der Waals surface area contributed by atoms with Crippen molar-refractivity contribution in [3.8, 4) is 0 Å². The Kier molecular flexibility index (Phi) is 8.29. The van der Waals surface area contributed by atoms with Gasteiger partial charge in [0.2, 0.25) is 0 Å². The number of carboxylic acid groups (broad SMARTS) is 2. The quantitative estimate of drug-likeness (QED) is 0.713. The molecule has 7 nitrogen and oxygen atoms in total. The highest BCUT2D eigenvalue weighted by atomic mass is 16.4. The zero-order valence-corrected chi connectivity index (χ0v) is 17.8. The van der Waals surface area contributed by atoms with Gasteiger partial charge >= 0.3 is 11.9 Å². The molecule has 0 unspecified atom stereocenters. The Hall–Kier alpha value is -3.06. The summed E-state index contributed by atoms with van der Waals surface area (Å²) >= 11 is 0. The molecule has 0 amide bonds. The van der Waals surface area contributed by atoms with Gasteiger partial charge in [0, 0.05) is 50.6 Å². The monoisotopic (exact) mass is 425 g/mol. The van der Waals surface area contributed by atoms with E-state index < -0.39 is 11.9 Å². The molecule has 0 atom stereocenters. The normalized spacial score (nSPS) is 16.1. The zero-order valence-electron chi connectivity index (χ0n) is 17.8. The molecule has 2 aromatic carbocycles. The van der Waals surface area contributed by atoms with Crippen molar-refractivity contribution in [3.63, 3.8) is 0 Å². The van der Waals surface area contributed by atoms with E-state index in [1.807, 2.05) is 0 Å². The Labute approximate surface area is 183 Å². The number of aryl methyl sites for hydroxylation is 1. The molecule has 1 saturated heterocycles. The van der Waals surface area contributed by atoms with Crippen LogP contribution >= 0.6 is 0 Å². The molecule has 0 radical (unpaired) electrons. The van der Waals surface area contributed by atoms with Gasteiger partial charge in [-0.05, 0) is 49.6 Å². The van der Waals surface area contributed by atoms with Gasteiger partial charge in [0.1, 0.15) is 0 Å². The average molecular weight is 426 g/mol. The summed E-state index contributed by atoms with van der Waals surface area (Å²) in [6, 6.07) is 19.8. The van der Waals surface area contributed by atoms with E-state index in [0.29, 0.717) is 0 Å². The van der Waals surface area contributed by atoms with Crippen LogP contribution in [0.25, 0.3) is 0 Å². The van der Waals surface area contributed by atoms with Crippen molar-refractivity contribution in [2.45, 2.75) is 19.3 Å². The van der Waals surface area contributed by atoms with Crippen LogP contribution < -0.4 is 9.80 Å². The first kappa shape index (κ1) is 22.6. The molecule has 31 heavy (non-hydrogen) atoms. The van der Waals surface area contributed by atoms with Crippen molar-refractivity contribution >= 4 is 23.3 Å². The molecule has 4 rings (SSSR count). The van der Waals surface area contributed by atoms with Crippen molar-refractivity contribution in [3.05, 3.63) is 60.2 Å². The lowest BCUT2D eigenvalue weighted by atomic mass is 10.0. The van der Waals surface area contributed by atoms with E-state index in [2.05, 4.69) is 69.3 Å². The summed E-state index contributed by atoms with van der Waals surface area (Å²) in [6.45, 7) is 8.31. The number of anilines is 2. The summed E-state index contributed by atoms with van der Waals surface area (Å²) in [7, 11) is 0. The fourth-order valence-corrected chi connectivity index (χ4v) is 4.20. The molecule has 2 aliphatic heterocycles. The number of carbonyl (C=O) groups is 2. The lowest BCUT2D eigenvalue weighted by molar-refractivity contribution is -0.159. The van der Waals surface area contributed by atoms with Gasteiger partial charge in [-0.2, -0.15) is 0 Å². The van der Waals surface area contributed by atoms with Crippen molar-refractivity contribution in [2.75, 3.05) is 55.6 Å². The molecular formula is C24H31N3O4. The summed E-state index contributed by atoms with van der Waals surface area (Å²) in [5, 5.41) is 14.8. The summed E-state index contributed by atoms with van der Waals surface area (Å²) in [4.78, 5) is 25.9. The van der Waals surface area contributed by atoms with Gasteiger partial charge in [-0.25, -0.2) is 9.59 Å². The van der Waals surface area contributed by atoms with Crippen LogP contribution in [-0.4, -0.2) is 72.9 Å². The van der Waals surface area contributed by atoms with E-state index in [9.17, 15) is 0 Å². The fourth-order valence-electron chi connectivity index (χ4n) is 4.20. The topological polar surface area (TPSA) is 84.3 Å². The number of para-hydroxylation sites is 2. The van der Waals surface area contributed by atoms with Crippen LogP contribution in [0.15, 0.2) is 54.6 Å². The van der Waals surface area contributed by atoms with Crippen LogP contribution in [0.5, 0.6) is 0 Å². The Morgan fingerprint density at radius 2 is 1.42 bits per heavy atom. The van der Waals surface area contributed by atoms with Gasteiger partial charge < -0.3 is 20.0 Å². The molecule has 166 valence electrons. The van der Waals surface area contributed by atoms with Gasteiger partial charge in [-0.15, -0.1) is 0 Å². The lowest BCUT2D eigenvalue weighted by Gasteiger charge is -2.37. The highest BCUT2D eigenvalue weighted by molar-refractivity contribution is 6.27. The van der Waals surface area contributed by atoms with E-state index in [-0.39, 0.29) is 0 Å². The number of hydrogen-bond donors (Lipinski definition) is 2. The number of hydrogen-bond acceptors (Lipinski definition) is 5. The molecule has 0 bridgehead atoms. The van der Waals surface area contributed by atoms with Crippen molar-refractivity contribution in [1.29, 1.82) is 0 Å². The van der Waals surface area contributed by atoms with Crippen LogP contribution in [0.2, 0.25) is 0 Å². The predicted molar refractivity (Wildman–Crippen MR) is 122 cm³/mol. The predicted octanol–water partition coefficient (Wildman–Crippen LogP) is 2.81. The summed E-state index contributed by atoms with van der Waals surface area (Å²) in [5.41, 5.74) is 4.37. The highest BCUT2D eigenvalue weighted by Crippen LogP contribution is 2.26. The van der Waals surface area contributed by atoms with Crippen LogP contribution in [0.3, 0.4) is 0 Å². The summed E-state index contributed by atoms with van der Waals surface area (Å²) in [6.07, 6.45) is 3.81. The number of rotatable bonds is 5. The second kappa shape index (κ2) is 11.4. The first-order valence-corrected chi connectivity index (χ1v) is 10.9. The molecule has 2 N–H and O–H groups in total. The Bertz CT molecular complexity index is 839. The molecular weight excluding hydrogens is 394 g/mol. The van der Waals surface area contributed by atoms with Gasteiger partial charge in [0.05, 0.1) is 0 Å². The average Bonchev–Trinajstić information content (AvgIpc) is 2.81. The van der Waals surface area contributed by atoms with Gasteiger partial charge in [0.15, 0.2) is 0 Å². The third-order valence-electron chi connectivity index (χ3n) is 5.79. The third-order valence-corrected chi connectivity index (χ3v) is 5.79. The number of fused-ring (bicyclic) bond motifs is 1. The molecule has 0 spiro atoms. The van der Waals surface area contributed by atoms with Gasteiger partial charge in [-0.3, -0.25) is 4.90 Å². The number of piperazine rings is 1. The maximum absolute atomic E-state index is 9.10. The first-order chi connectivity index (χ1) is 15.0.